The van der Waals surface area contributed by atoms with Crippen molar-refractivity contribution in [3.8, 4) is 0 Å². The number of benzene rings is 1. The Balaban J connectivity index is 0.00000312. The van der Waals surface area contributed by atoms with Crippen molar-refractivity contribution in [1.29, 1.82) is 0 Å². The molecule has 0 saturated heterocycles. The fourth-order valence-electron chi connectivity index (χ4n) is 2.15. The van der Waals surface area contributed by atoms with Gasteiger partial charge in [-0.15, -0.1) is 24.0 Å². The summed E-state index contributed by atoms with van der Waals surface area (Å²) in [5.41, 5.74) is 1.04. The third-order valence-electron chi connectivity index (χ3n) is 3.33. The number of halogens is 4. The standard InChI is InChI=1S/C16H20ClF2N5.HI/c1-2-20-16(22-8-7-12-5-3-4-6-13(12)17)23-11-14-21-9-10-24(14)15(18)19;/h3-6,9-10,15H,2,7-8,11H2,1H3,(H2,20,22,23);1H. The zero-order valence-corrected chi connectivity index (χ0v) is 16.8. The van der Waals surface area contributed by atoms with Gasteiger partial charge in [0.25, 0.3) is 0 Å². The van der Waals surface area contributed by atoms with Gasteiger partial charge in [-0.2, -0.15) is 8.78 Å². The molecule has 2 N–H and O–H groups in total. The second-order valence-corrected chi connectivity index (χ2v) is 5.40. The highest BCUT2D eigenvalue weighted by molar-refractivity contribution is 14.0. The number of hydrogen-bond acceptors (Lipinski definition) is 2. The van der Waals surface area contributed by atoms with Crippen LogP contribution in [0.15, 0.2) is 41.7 Å². The lowest BCUT2D eigenvalue weighted by atomic mass is 10.1. The van der Waals surface area contributed by atoms with Crippen LogP contribution in [0.5, 0.6) is 0 Å². The highest BCUT2D eigenvalue weighted by Gasteiger charge is 2.10. The van der Waals surface area contributed by atoms with Crippen LogP contribution in [0.3, 0.4) is 0 Å². The Hall–Kier alpha value is -1.42. The first kappa shape index (κ1) is 21.6. The van der Waals surface area contributed by atoms with Gasteiger partial charge >= 0.3 is 6.55 Å². The molecule has 2 aromatic rings. The van der Waals surface area contributed by atoms with Gasteiger partial charge in [0.15, 0.2) is 5.96 Å². The van der Waals surface area contributed by atoms with E-state index in [4.69, 9.17) is 11.6 Å². The summed E-state index contributed by atoms with van der Waals surface area (Å²) in [5.74, 6) is 0.765. The van der Waals surface area contributed by atoms with Gasteiger partial charge in [0.2, 0.25) is 0 Å². The Morgan fingerprint density at radius 1 is 1.32 bits per heavy atom. The Kier molecular flexibility index (Phi) is 9.73. The zero-order chi connectivity index (χ0) is 17.4. The van der Waals surface area contributed by atoms with Gasteiger partial charge in [0, 0.05) is 30.5 Å². The fraction of sp³-hybridized carbons (Fsp3) is 0.375. The molecule has 5 nitrogen and oxygen atoms in total. The minimum absolute atomic E-state index is 0. The molecule has 0 bridgehead atoms. The van der Waals surface area contributed by atoms with E-state index in [0.717, 1.165) is 21.6 Å². The normalized spacial score (nSPS) is 11.3. The highest BCUT2D eigenvalue weighted by Crippen LogP contribution is 2.15. The van der Waals surface area contributed by atoms with Crippen molar-refractivity contribution in [2.75, 3.05) is 13.1 Å². The minimum atomic E-state index is -2.62. The lowest BCUT2D eigenvalue weighted by Crippen LogP contribution is -2.38. The maximum absolute atomic E-state index is 12.8. The summed E-state index contributed by atoms with van der Waals surface area (Å²) in [6.07, 6.45) is 3.32. The van der Waals surface area contributed by atoms with E-state index in [1.807, 2.05) is 31.2 Å². The molecule has 0 saturated carbocycles. The predicted molar refractivity (Wildman–Crippen MR) is 107 cm³/mol. The second kappa shape index (κ2) is 11.2. The molecule has 0 radical (unpaired) electrons. The topological polar surface area (TPSA) is 54.2 Å². The molecule has 0 amide bonds. The zero-order valence-electron chi connectivity index (χ0n) is 13.8. The fourth-order valence-corrected chi connectivity index (χ4v) is 2.38. The number of aromatic nitrogens is 2. The Labute approximate surface area is 167 Å². The molecular formula is C16H21ClF2IN5. The molecule has 1 aromatic heterocycles. The van der Waals surface area contributed by atoms with Gasteiger partial charge < -0.3 is 10.6 Å². The molecule has 1 heterocycles. The molecule has 0 unspecified atom stereocenters. The van der Waals surface area contributed by atoms with E-state index in [9.17, 15) is 8.78 Å². The van der Waals surface area contributed by atoms with Gasteiger partial charge in [-0.25, -0.2) is 9.98 Å². The lowest BCUT2D eigenvalue weighted by molar-refractivity contribution is 0.0671. The number of hydrogen-bond donors (Lipinski definition) is 2. The number of nitrogens with zero attached hydrogens (tertiary/aromatic N) is 3. The summed E-state index contributed by atoms with van der Waals surface area (Å²) < 4.78 is 26.4. The van der Waals surface area contributed by atoms with Crippen molar-refractivity contribution in [1.82, 2.24) is 20.2 Å². The molecule has 1 aromatic carbocycles. The van der Waals surface area contributed by atoms with Crippen molar-refractivity contribution in [2.24, 2.45) is 4.99 Å². The van der Waals surface area contributed by atoms with Crippen LogP contribution in [0.25, 0.3) is 0 Å². The average molecular weight is 484 g/mol. The van der Waals surface area contributed by atoms with Crippen LogP contribution in [0, 0.1) is 0 Å². The summed E-state index contributed by atoms with van der Waals surface area (Å²) in [4.78, 5) is 8.21. The summed E-state index contributed by atoms with van der Waals surface area (Å²) in [5, 5.41) is 6.96. The molecule has 0 spiro atoms. The van der Waals surface area contributed by atoms with Crippen molar-refractivity contribution < 1.29 is 8.78 Å². The number of guanidine groups is 1. The van der Waals surface area contributed by atoms with Crippen LogP contribution in [0.2, 0.25) is 5.02 Å². The van der Waals surface area contributed by atoms with Crippen molar-refractivity contribution >= 4 is 41.5 Å². The van der Waals surface area contributed by atoms with E-state index < -0.39 is 6.55 Å². The highest BCUT2D eigenvalue weighted by atomic mass is 127. The third kappa shape index (κ3) is 6.77. The molecule has 0 atom stereocenters. The molecule has 2 rings (SSSR count). The summed E-state index contributed by atoms with van der Waals surface area (Å²) in [7, 11) is 0. The maximum Gasteiger partial charge on any atom is 0.319 e. The molecule has 0 aliphatic rings. The van der Waals surface area contributed by atoms with Gasteiger partial charge in [-0.3, -0.25) is 4.57 Å². The average Bonchev–Trinajstić information content (AvgIpc) is 3.03. The molecule has 25 heavy (non-hydrogen) atoms. The van der Waals surface area contributed by atoms with E-state index in [-0.39, 0.29) is 36.3 Å². The first-order chi connectivity index (χ1) is 11.6. The van der Waals surface area contributed by atoms with E-state index in [0.29, 0.717) is 19.0 Å². The van der Waals surface area contributed by atoms with Gasteiger partial charge in [-0.1, -0.05) is 29.8 Å². The Morgan fingerprint density at radius 3 is 2.76 bits per heavy atom. The second-order valence-electron chi connectivity index (χ2n) is 4.99. The SMILES string of the molecule is CCNC(=NCc1nccn1C(F)F)NCCc1ccccc1Cl.I. The van der Waals surface area contributed by atoms with Crippen LogP contribution in [0.4, 0.5) is 8.78 Å². The first-order valence-electron chi connectivity index (χ1n) is 7.67. The van der Waals surface area contributed by atoms with Gasteiger partial charge in [-0.05, 0) is 25.0 Å². The Morgan fingerprint density at radius 2 is 2.08 bits per heavy atom. The largest absolute Gasteiger partial charge is 0.357 e. The minimum Gasteiger partial charge on any atom is -0.357 e. The van der Waals surface area contributed by atoms with E-state index in [2.05, 4.69) is 20.6 Å². The summed E-state index contributed by atoms with van der Waals surface area (Å²) in [6.45, 7) is 0.679. The van der Waals surface area contributed by atoms with Crippen molar-refractivity contribution in [3.05, 3.63) is 53.1 Å². The van der Waals surface area contributed by atoms with Crippen LogP contribution >= 0.6 is 35.6 Å². The maximum atomic E-state index is 12.8. The lowest BCUT2D eigenvalue weighted by Gasteiger charge is -2.12. The predicted octanol–water partition coefficient (Wildman–Crippen LogP) is 3.85. The molecule has 0 aliphatic heterocycles. The van der Waals surface area contributed by atoms with Gasteiger partial charge in [0.1, 0.15) is 12.4 Å². The number of rotatable bonds is 7. The number of alkyl halides is 2. The quantitative estimate of drug-likeness (QED) is 0.357. The molecule has 0 fully saturated rings. The van der Waals surface area contributed by atoms with Gasteiger partial charge in [0.05, 0.1) is 0 Å². The molecule has 9 heteroatoms. The third-order valence-corrected chi connectivity index (χ3v) is 3.70. The monoisotopic (exact) mass is 483 g/mol. The van der Waals surface area contributed by atoms with Crippen molar-refractivity contribution in [3.63, 3.8) is 0 Å². The van der Waals surface area contributed by atoms with Crippen molar-refractivity contribution in [2.45, 2.75) is 26.4 Å². The van der Waals surface area contributed by atoms with E-state index in [1.165, 1.54) is 12.4 Å². The summed E-state index contributed by atoms with van der Waals surface area (Å²) in [6, 6.07) is 7.63. The first-order valence-corrected chi connectivity index (χ1v) is 8.05. The smallest absolute Gasteiger partial charge is 0.319 e. The Bertz CT molecular complexity index is 678. The van der Waals surface area contributed by atoms with Crippen LogP contribution in [-0.2, 0) is 13.0 Å². The van der Waals surface area contributed by atoms with Crippen LogP contribution < -0.4 is 10.6 Å². The molecule has 138 valence electrons. The molecular weight excluding hydrogens is 463 g/mol. The van der Waals surface area contributed by atoms with Crippen LogP contribution in [0.1, 0.15) is 24.9 Å². The number of nitrogens with one attached hydrogen (secondary N) is 2. The number of imidazole rings is 1. The van der Waals surface area contributed by atoms with E-state index >= 15 is 0 Å². The molecule has 0 aliphatic carbocycles. The summed E-state index contributed by atoms with van der Waals surface area (Å²) >= 11 is 6.12. The number of aliphatic imine (C=N–C) groups is 1. The van der Waals surface area contributed by atoms with E-state index in [1.54, 1.807) is 0 Å². The van der Waals surface area contributed by atoms with Crippen LogP contribution in [-0.4, -0.2) is 28.6 Å².